The molecular weight excluding hydrogens is 348 g/mol. The zero-order chi connectivity index (χ0) is 19.4. The van der Waals surface area contributed by atoms with Crippen LogP contribution in [0.25, 0.3) is 5.69 Å². The van der Waals surface area contributed by atoms with Gasteiger partial charge < -0.3 is 10.4 Å². The van der Waals surface area contributed by atoms with Crippen LogP contribution in [0, 0.1) is 0 Å². The summed E-state index contributed by atoms with van der Waals surface area (Å²) in [6.07, 6.45) is 1.17. The highest BCUT2D eigenvalue weighted by Crippen LogP contribution is 2.19. The van der Waals surface area contributed by atoms with E-state index < -0.39 is 17.1 Å². The fraction of sp³-hybridized carbons (Fsp3) is 0.0526. The molecule has 1 amide bonds. The number of aromatic amines is 1. The van der Waals surface area contributed by atoms with Crippen molar-refractivity contribution >= 4 is 23.5 Å². The Hall–Kier alpha value is -3.94. The highest BCUT2D eigenvalue weighted by atomic mass is 16.3. The predicted octanol–water partition coefficient (Wildman–Crippen LogP) is 1.94. The molecule has 0 saturated carbocycles. The molecule has 0 fully saturated rings. The van der Waals surface area contributed by atoms with Gasteiger partial charge in [-0.2, -0.15) is 0 Å². The molecule has 136 valence electrons. The summed E-state index contributed by atoms with van der Waals surface area (Å²) in [5.41, 5.74) is -0.274. The maximum atomic E-state index is 12.1. The Morgan fingerprint density at radius 1 is 1.15 bits per heavy atom. The number of hydrogen-bond donors (Lipinski definition) is 3. The average molecular weight is 364 g/mol. The topological polar surface area (TPSA) is 117 Å². The molecule has 0 saturated heterocycles. The number of amides is 1. The number of anilines is 1. The van der Waals surface area contributed by atoms with E-state index in [-0.39, 0.29) is 11.5 Å². The van der Waals surface area contributed by atoms with E-state index in [4.69, 9.17) is 0 Å². The third-order valence-corrected chi connectivity index (χ3v) is 3.64. The maximum absolute atomic E-state index is 12.1. The largest absolute Gasteiger partial charge is 0.493 e. The SMILES string of the molecule is CC(=O)Nc1cccc(N=Cc2c(O)n(-c3ccccc3)c(=O)[nH]c2=O)c1. The van der Waals surface area contributed by atoms with Gasteiger partial charge in [0.15, 0.2) is 0 Å². The number of benzene rings is 2. The molecule has 8 heteroatoms. The van der Waals surface area contributed by atoms with Gasteiger partial charge in [0.25, 0.3) is 5.56 Å². The van der Waals surface area contributed by atoms with Crippen molar-refractivity contribution in [2.45, 2.75) is 6.92 Å². The fourth-order valence-corrected chi connectivity index (χ4v) is 2.48. The normalized spacial score (nSPS) is 10.9. The van der Waals surface area contributed by atoms with E-state index in [1.165, 1.54) is 13.1 Å². The molecule has 1 heterocycles. The number of aromatic hydroxyl groups is 1. The summed E-state index contributed by atoms with van der Waals surface area (Å²) in [5, 5.41) is 13.1. The molecule has 0 aliphatic rings. The summed E-state index contributed by atoms with van der Waals surface area (Å²) in [5.74, 6) is -0.739. The van der Waals surface area contributed by atoms with Crippen molar-refractivity contribution in [1.29, 1.82) is 0 Å². The minimum atomic E-state index is -0.758. The lowest BCUT2D eigenvalue weighted by Gasteiger charge is -2.09. The van der Waals surface area contributed by atoms with Gasteiger partial charge in [-0.1, -0.05) is 24.3 Å². The van der Waals surface area contributed by atoms with Crippen LogP contribution in [0.3, 0.4) is 0 Å². The molecule has 0 aliphatic carbocycles. The zero-order valence-corrected chi connectivity index (χ0v) is 14.3. The minimum absolute atomic E-state index is 0.164. The van der Waals surface area contributed by atoms with Gasteiger partial charge in [0.1, 0.15) is 5.56 Å². The van der Waals surface area contributed by atoms with Gasteiger partial charge in [-0.05, 0) is 30.3 Å². The number of nitrogens with one attached hydrogen (secondary N) is 2. The van der Waals surface area contributed by atoms with Crippen molar-refractivity contribution in [1.82, 2.24) is 9.55 Å². The van der Waals surface area contributed by atoms with Gasteiger partial charge in [0, 0.05) is 18.8 Å². The van der Waals surface area contributed by atoms with Crippen LogP contribution in [0.2, 0.25) is 0 Å². The summed E-state index contributed by atoms with van der Waals surface area (Å²) < 4.78 is 0.983. The fourth-order valence-electron chi connectivity index (χ4n) is 2.48. The lowest BCUT2D eigenvalue weighted by Crippen LogP contribution is -2.31. The van der Waals surface area contributed by atoms with E-state index in [9.17, 15) is 19.5 Å². The number of H-pyrrole nitrogens is 1. The number of carbonyl (C=O) groups is 1. The van der Waals surface area contributed by atoms with E-state index in [2.05, 4.69) is 15.3 Å². The molecular formula is C19H16N4O4. The van der Waals surface area contributed by atoms with Gasteiger partial charge >= 0.3 is 5.69 Å². The third-order valence-electron chi connectivity index (χ3n) is 3.64. The van der Waals surface area contributed by atoms with Crippen LogP contribution in [0.1, 0.15) is 12.5 Å². The van der Waals surface area contributed by atoms with E-state index >= 15 is 0 Å². The summed E-state index contributed by atoms with van der Waals surface area (Å²) >= 11 is 0. The standard InChI is InChI=1S/C19H16N4O4/c1-12(24)21-14-7-5-6-13(10-14)20-11-16-17(25)22-19(27)23(18(16)26)15-8-3-2-4-9-15/h2-11,26H,1H3,(H,21,24)(H,22,25,27). The number of aromatic nitrogens is 2. The van der Waals surface area contributed by atoms with Crippen LogP contribution in [-0.2, 0) is 4.79 Å². The summed E-state index contributed by atoms with van der Waals surface area (Å²) in [6, 6.07) is 15.1. The quantitative estimate of drug-likeness (QED) is 0.613. The van der Waals surface area contributed by atoms with Crippen LogP contribution < -0.4 is 16.6 Å². The van der Waals surface area contributed by atoms with Crippen molar-refractivity contribution in [2.75, 3.05) is 5.32 Å². The number of rotatable bonds is 4. The number of para-hydroxylation sites is 1. The van der Waals surface area contributed by atoms with E-state index in [0.717, 1.165) is 4.57 Å². The van der Waals surface area contributed by atoms with Gasteiger partial charge in [0.2, 0.25) is 11.8 Å². The number of hydrogen-bond acceptors (Lipinski definition) is 5. The monoisotopic (exact) mass is 364 g/mol. The molecule has 8 nitrogen and oxygen atoms in total. The van der Waals surface area contributed by atoms with E-state index in [1.807, 2.05) is 0 Å². The first-order valence-electron chi connectivity index (χ1n) is 8.01. The van der Waals surface area contributed by atoms with Crippen molar-refractivity contribution < 1.29 is 9.90 Å². The maximum Gasteiger partial charge on any atom is 0.335 e. The van der Waals surface area contributed by atoms with Gasteiger partial charge in [-0.25, -0.2) is 9.36 Å². The second-order valence-electron chi connectivity index (χ2n) is 5.66. The average Bonchev–Trinajstić information content (AvgIpc) is 2.62. The van der Waals surface area contributed by atoms with Crippen LogP contribution in [0.5, 0.6) is 5.88 Å². The summed E-state index contributed by atoms with van der Waals surface area (Å²) in [7, 11) is 0. The molecule has 0 aliphatic heterocycles. The Labute approximate surface area is 153 Å². The first-order chi connectivity index (χ1) is 13.0. The van der Waals surface area contributed by atoms with Crippen molar-refractivity contribution in [2.24, 2.45) is 4.99 Å². The van der Waals surface area contributed by atoms with Crippen molar-refractivity contribution in [3.63, 3.8) is 0 Å². The predicted molar refractivity (Wildman–Crippen MR) is 102 cm³/mol. The Morgan fingerprint density at radius 3 is 2.59 bits per heavy atom. The van der Waals surface area contributed by atoms with Crippen molar-refractivity contribution in [3.8, 4) is 11.6 Å². The Morgan fingerprint density at radius 2 is 1.89 bits per heavy atom. The molecule has 3 rings (SSSR count). The first kappa shape index (κ1) is 17.9. The molecule has 0 unspecified atom stereocenters. The Balaban J connectivity index is 2.03. The van der Waals surface area contributed by atoms with Gasteiger partial charge in [-0.15, -0.1) is 0 Å². The van der Waals surface area contributed by atoms with Gasteiger partial charge in [0.05, 0.1) is 11.4 Å². The molecule has 0 atom stereocenters. The van der Waals surface area contributed by atoms with E-state index in [1.54, 1.807) is 54.6 Å². The lowest BCUT2D eigenvalue weighted by molar-refractivity contribution is -0.114. The highest BCUT2D eigenvalue weighted by molar-refractivity contribution is 5.89. The molecule has 2 aromatic carbocycles. The van der Waals surface area contributed by atoms with Crippen LogP contribution in [0.4, 0.5) is 11.4 Å². The second-order valence-corrected chi connectivity index (χ2v) is 5.66. The second kappa shape index (κ2) is 7.52. The molecule has 3 aromatic rings. The van der Waals surface area contributed by atoms with Crippen molar-refractivity contribution in [3.05, 3.63) is 81.0 Å². The minimum Gasteiger partial charge on any atom is -0.493 e. The highest BCUT2D eigenvalue weighted by Gasteiger charge is 2.13. The van der Waals surface area contributed by atoms with Crippen LogP contribution >= 0.6 is 0 Å². The number of carbonyl (C=O) groups excluding carboxylic acids is 1. The third kappa shape index (κ3) is 4.01. The molecule has 27 heavy (non-hydrogen) atoms. The Kier molecular flexibility index (Phi) is 4.98. The zero-order valence-electron chi connectivity index (χ0n) is 14.3. The van der Waals surface area contributed by atoms with E-state index in [0.29, 0.717) is 17.1 Å². The molecule has 1 aromatic heterocycles. The molecule has 0 radical (unpaired) electrons. The van der Waals surface area contributed by atoms with Crippen LogP contribution in [0.15, 0.2) is 69.2 Å². The van der Waals surface area contributed by atoms with Gasteiger partial charge in [-0.3, -0.25) is 19.6 Å². The smallest absolute Gasteiger partial charge is 0.335 e. The first-order valence-corrected chi connectivity index (χ1v) is 8.01. The number of aliphatic imine (C=N–C) groups is 1. The summed E-state index contributed by atoms with van der Waals surface area (Å²) in [6.45, 7) is 1.39. The molecule has 0 spiro atoms. The summed E-state index contributed by atoms with van der Waals surface area (Å²) in [4.78, 5) is 41.7. The molecule has 0 bridgehead atoms. The Bertz CT molecular complexity index is 1130. The van der Waals surface area contributed by atoms with Crippen LogP contribution in [-0.4, -0.2) is 26.8 Å². The number of nitrogens with zero attached hydrogens (tertiary/aromatic N) is 2. The lowest BCUT2D eigenvalue weighted by atomic mass is 10.2. The molecule has 3 N–H and O–H groups in total.